The van der Waals surface area contributed by atoms with Crippen molar-refractivity contribution in [1.82, 2.24) is 0 Å². The smallest absolute Gasteiger partial charge is 0.193 e. The lowest BCUT2D eigenvalue weighted by Crippen LogP contribution is -1.99. The van der Waals surface area contributed by atoms with Crippen molar-refractivity contribution in [2.24, 2.45) is 0 Å². The third-order valence-electron chi connectivity index (χ3n) is 2.08. The van der Waals surface area contributed by atoms with Gasteiger partial charge in [-0.1, -0.05) is 17.7 Å². The van der Waals surface area contributed by atoms with Gasteiger partial charge in [-0.05, 0) is 32.1 Å². The molecule has 0 unspecified atom stereocenters. The molecule has 1 aromatic carbocycles. The molecule has 76 valence electrons. The fraction of sp³-hybridized carbons (Fsp3) is 0.154. The van der Waals surface area contributed by atoms with Crippen LogP contribution >= 0.6 is 0 Å². The summed E-state index contributed by atoms with van der Waals surface area (Å²) < 4.78 is 5.58. The maximum atomic E-state index is 11.7. The second kappa shape index (κ2) is 3.73. The Balaban J connectivity index is 2.73. The van der Waals surface area contributed by atoms with Crippen LogP contribution in [0.4, 0.5) is 0 Å². The van der Waals surface area contributed by atoms with E-state index in [-0.39, 0.29) is 5.43 Å². The molecule has 2 aromatic rings. The second-order valence-electron chi connectivity index (χ2n) is 3.73. The van der Waals surface area contributed by atoms with Crippen LogP contribution in [0.15, 0.2) is 45.1 Å². The van der Waals surface area contributed by atoms with Crippen LogP contribution < -0.4 is 5.43 Å². The van der Waals surface area contributed by atoms with Gasteiger partial charge in [-0.15, -0.1) is 0 Å². The normalized spacial score (nSPS) is 10.3. The summed E-state index contributed by atoms with van der Waals surface area (Å²) in [5.41, 5.74) is 1.75. The molecule has 2 rings (SSSR count). The van der Waals surface area contributed by atoms with E-state index >= 15 is 0 Å². The second-order valence-corrected chi connectivity index (χ2v) is 3.73. The van der Waals surface area contributed by atoms with E-state index in [9.17, 15) is 4.79 Å². The number of benzene rings is 1. The highest BCUT2D eigenvalue weighted by Gasteiger charge is 2.01. The maximum absolute atomic E-state index is 11.7. The zero-order valence-corrected chi connectivity index (χ0v) is 8.78. The van der Waals surface area contributed by atoms with E-state index in [1.54, 1.807) is 12.1 Å². The maximum Gasteiger partial charge on any atom is 0.193 e. The first kappa shape index (κ1) is 9.71. The van der Waals surface area contributed by atoms with Crippen molar-refractivity contribution in [1.29, 1.82) is 0 Å². The van der Waals surface area contributed by atoms with Crippen molar-refractivity contribution in [2.45, 2.75) is 13.8 Å². The number of hydrogen-bond acceptors (Lipinski definition) is 2. The van der Waals surface area contributed by atoms with E-state index in [1.807, 2.05) is 32.1 Å². The molecule has 0 aliphatic carbocycles. The van der Waals surface area contributed by atoms with E-state index in [0.717, 1.165) is 5.57 Å². The van der Waals surface area contributed by atoms with Gasteiger partial charge < -0.3 is 4.42 Å². The summed E-state index contributed by atoms with van der Waals surface area (Å²) in [4.78, 5) is 11.7. The van der Waals surface area contributed by atoms with Gasteiger partial charge in [-0.25, -0.2) is 0 Å². The van der Waals surface area contributed by atoms with Crippen molar-refractivity contribution in [2.75, 3.05) is 0 Å². The lowest BCUT2D eigenvalue weighted by molar-refractivity contribution is 0.590. The SMILES string of the molecule is CC(C)=Cc1cc(=O)c2ccccc2o1. The first-order chi connectivity index (χ1) is 7.16. The minimum Gasteiger partial charge on any atom is -0.456 e. The Hall–Kier alpha value is -1.83. The Morgan fingerprint density at radius 2 is 2.00 bits per heavy atom. The average molecular weight is 200 g/mol. The molecule has 2 nitrogen and oxygen atoms in total. The van der Waals surface area contributed by atoms with E-state index in [1.165, 1.54) is 6.07 Å². The van der Waals surface area contributed by atoms with Crippen LogP contribution in [0.3, 0.4) is 0 Å². The molecule has 2 heteroatoms. The van der Waals surface area contributed by atoms with Crippen LogP contribution in [-0.4, -0.2) is 0 Å². The zero-order chi connectivity index (χ0) is 10.8. The quantitative estimate of drug-likeness (QED) is 0.707. The standard InChI is InChI=1S/C13H12O2/c1-9(2)7-10-8-12(14)11-5-3-4-6-13(11)15-10/h3-8H,1-2H3. The summed E-state index contributed by atoms with van der Waals surface area (Å²) in [6.07, 6.45) is 1.86. The average Bonchev–Trinajstić information content (AvgIpc) is 2.16. The summed E-state index contributed by atoms with van der Waals surface area (Å²) in [6.45, 7) is 3.93. The lowest BCUT2D eigenvalue weighted by Gasteiger charge is -1.98. The Kier molecular flexibility index (Phi) is 2.42. The highest BCUT2D eigenvalue weighted by atomic mass is 16.3. The van der Waals surface area contributed by atoms with Crippen molar-refractivity contribution in [3.8, 4) is 0 Å². The fourth-order valence-electron chi connectivity index (χ4n) is 1.48. The van der Waals surface area contributed by atoms with Crippen LogP contribution in [0.1, 0.15) is 19.6 Å². The summed E-state index contributed by atoms with van der Waals surface area (Å²) in [7, 11) is 0. The molecule has 0 bridgehead atoms. The molecule has 1 heterocycles. The third-order valence-corrected chi connectivity index (χ3v) is 2.08. The van der Waals surface area contributed by atoms with Gasteiger partial charge in [0.05, 0.1) is 5.39 Å². The van der Waals surface area contributed by atoms with Crippen LogP contribution in [0.25, 0.3) is 17.0 Å². The molecule has 0 atom stereocenters. The van der Waals surface area contributed by atoms with E-state index in [2.05, 4.69) is 0 Å². The monoisotopic (exact) mass is 200 g/mol. The number of fused-ring (bicyclic) bond motifs is 1. The molecule has 0 spiro atoms. The zero-order valence-electron chi connectivity index (χ0n) is 8.78. The van der Waals surface area contributed by atoms with Crippen molar-refractivity contribution < 1.29 is 4.42 Å². The summed E-state index contributed by atoms with van der Waals surface area (Å²) in [6, 6.07) is 8.79. The van der Waals surface area contributed by atoms with E-state index in [4.69, 9.17) is 4.42 Å². The molecular formula is C13H12O2. The minimum atomic E-state index is 0.00403. The van der Waals surface area contributed by atoms with Gasteiger partial charge in [0, 0.05) is 6.07 Å². The van der Waals surface area contributed by atoms with Gasteiger partial charge in [0.2, 0.25) is 0 Å². The molecule has 0 saturated carbocycles. The van der Waals surface area contributed by atoms with Crippen LogP contribution in [-0.2, 0) is 0 Å². The molecular weight excluding hydrogens is 188 g/mol. The number of allylic oxidation sites excluding steroid dienone is 1. The Bertz CT molecular complexity index is 572. The topological polar surface area (TPSA) is 30.2 Å². The molecule has 0 radical (unpaired) electrons. The predicted molar refractivity (Wildman–Crippen MR) is 61.8 cm³/mol. The highest BCUT2D eigenvalue weighted by molar-refractivity contribution is 5.76. The lowest BCUT2D eigenvalue weighted by atomic mass is 10.2. The van der Waals surface area contributed by atoms with Gasteiger partial charge in [-0.2, -0.15) is 0 Å². The molecule has 0 saturated heterocycles. The summed E-state index contributed by atoms with van der Waals surface area (Å²) >= 11 is 0. The summed E-state index contributed by atoms with van der Waals surface area (Å²) in [5, 5.41) is 0.628. The molecule has 0 N–H and O–H groups in total. The molecule has 0 amide bonds. The summed E-state index contributed by atoms with van der Waals surface area (Å²) in [5.74, 6) is 0.610. The fourth-order valence-corrected chi connectivity index (χ4v) is 1.48. The first-order valence-electron chi connectivity index (χ1n) is 4.84. The number of rotatable bonds is 1. The third kappa shape index (κ3) is 1.99. The van der Waals surface area contributed by atoms with Gasteiger partial charge in [0.15, 0.2) is 5.43 Å². The predicted octanol–water partition coefficient (Wildman–Crippen LogP) is 3.22. The van der Waals surface area contributed by atoms with Crippen molar-refractivity contribution in [3.63, 3.8) is 0 Å². The highest BCUT2D eigenvalue weighted by Crippen LogP contribution is 2.13. The van der Waals surface area contributed by atoms with Gasteiger partial charge >= 0.3 is 0 Å². The van der Waals surface area contributed by atoms with Crippen LogP contribution in [0, 0.1) is 0 Å². The van der Waals surface area contributed by atoms with Crippen LogP contribution in [0.5, 0.6) is 0 Å². The van der Waals surface area contributed by atoms with E-state index in [0.29, 0.717) is 16.7 Å². The van der Waals surface area contributed by atoms with E-state index < -0.39 is 0 Å². The van der Waals surface area contributed by atoms with Crippen molar-refractivity contribution >= 4 is 17.0 Å². The van der Waals surface area contributed by atoms with Crippen LogP contribution in [0.2, 0.25) is 0 Å². The Morgan fingerprint density at radius 3 is 2.73 bits per heavy atom. The first-order valence-corrected chi connectivity index (χ1v) is 4.84. The number of para-hydroxylation sites is 1. The minimum absolute atomic E-state index is 0.00403. The largest absolute Gasteiger partial charge is 0.456 e. The molecule has 15 heavy (non-hydrogen) atoms. The Labute approximate surface area is 87.8 Å². The molecule has 1 aromatic heterocycles. The molecule has 0 aliphatic heterocycles. The number of hydrogen-bond donors (Lipinski definition) is 0. The molecule has 0 aliphatic rings. The Morgan fingerprint density at radius 1 is 1.27 bits per heavy atom. The van der Waals surface area contributed by atoms with Gasteiger partial charge in [0.1, 0.15) is 11.3 Å². The molecule has 0 fully saturated rings. The van der Waals surface area contributed by atoms with Gasteiger partial charge in [0.25, 0.3) is 0 Å². The van der Waals surface area contributed by atoms with Gasteiger partial charge in [-0.3, -0.25) is 4.79 Å². The van der Waals surface area contributed by atoms with Crippen molar-refractivity contribution in [3.05, 3.63) is 51.9 Å².